The van der Waals surface area contributed by atoms with Crippen molar-refractivity contribution in [3.05, 3.63) is 62.8 Å². The molecule has 1 fully saturated rings. The maximum atomic E-state index is 13.4. The average molecular weight is 520 g/mol. The maximum Gasteiger partial charge on any atom is 0.401 e. The predicted octanol–water partition coefficient (Wildman–Crippen LogP) is 3.96. The molecule has 1 atom stereocenters. The fraction of sp³-hybridized carbons (Fsp3) is 0.500. The Morgan fingerprint density at radius 2 is 2.00 bits per heavy atom. The van der Waals surface area contributed by atoms with Crippen LogP contribution in [0.2, 0.25) is 0 Å². The fourth-order valence-electron chi connectivity index (χ4n) is 5.43. The molecule has 2 N–H and O–H groups in total. The molecule has 0 aliphatic carbocycles. The Morgan fingerprint density at radius 3 is 2.65 bits per heavy atom. The zero-order chi connectivity index (χ0) is 26.9. The van der Waals surface area contributed by atoms with Gasteiger partial charge in [-0.15, -0.1) is 0 Å². The Labute approximate surface area is 212 Å². The molecule has 1 aliphatic rings. The second-order valence-corrected chi connectivity index (χ2v) is 9.73. The van der Waals surface area contributed by atoms with Gasteiger partial charge in [0.15, 0.2) is 0 Å². The highest BCUT2D eigenvalue weighted by atomic mass is 19.4. The fourth-order valence-corrected chi connectivity index (χ4v) is 5.43. The molecule has 0 aromatic carbocycles. The van der Waals surface area contributed by atoms with E-state index in [0.29, 0.717) is 54.0 Å². The van der Waals surface area contributed by atoms with Gasteiger partial charge in [-0.25, -0.2) is 4.52 Å². The van der Waals surface area contributed by atoms with Crippen molar-refractivity contribution in [2.24, 2.45) is 5.92 Å². The largest absolute Gasteiger partial charge is 0.496 e. The summed E-state index contributed by atoms with van der Waals surface area (Å²) in [5.74, 6) is 0.197. The normalized spacial score (nSPS) is 16.2. The van der Waals surface area contributed by atoms with Gasteiger partial charge in [-0.05, 0) is 69.5 Å². The van der Waals surface area contributed by atoms with Crippen molar-refractivity contribution >= 4 is 11.4 Å². The van der Waals surface area contributed by atoms with Crippen LogP contribution >= 0.6 is 0 Å². The third kappa shape index (κ3) is 5.66. The first kappa shape index (κ1) is 26.7. The third-order valence-corrected chi connectivity index (χ3v) is 7.27. The second kappa shape index (κ2) is 10.6. The molecule has 0 spiro atoms. The Morgan fingerprint density at radius 1 is 1.30 bits per heavy atom. The minimum Gasteiger partial charge on any atom is -0.496 e. The van der Waals surface area contributed by atoms with E-state index in [1.165, 1.54) is 12.0 Å². The van der Waals surface area contributed by atoms with E-state index in [4.69, 9.17) is 4.74 Å². The highest BCUT2D eigenvalue weighted by Gasteiger charge is 2.35. The van der Waals surface area contributed by atoms with Gasteiger partial charge in [0, 0.05) is 23.5 Å². The highest BCUT2D eigenvalue weighted by Crippen LogP contribution is 2.37. The lowest BCUT2D eigenvalue weighted by molar-refractivity contribution is -0.148. The molecule has 200 valence electrons. The van der Waals surface area contributed by atoms with Crippen LogP contribution < -0.4 is 15.6 Å². The molecule has 3 aromatic rings. The smallest absolute Gasteiger partial charge is 0.401 e. The molecule has 37 heavy (non-hydrogen) atoms. The van der Waals surface area contributed by atoms with E-state index in [1.807, 2.05) is 19.9 Å². The number of rotatable bonds is 7. The summed E-state index contributed by atoms with van der Waals surface area (Å²) in [7, 11) is 1.47. The van der Waals surface area contributed by atoms with E-state index >= 15 is 0 Å². The summed E-state index contributed by atoms with van der Waals surface area (Å²) in [6, 6.07) is 5.27. The van der Waals surface area contributed by atoms with E-state index < -0.39 is 12.7 Å². The first-order chi connectivity index (χ1) is 17.5. The predicted molar refractivity (Wildman–Crippen MR) is 133 cm³/mol. The number of likely N-dealkylation sites (tertiary alicyclic amines) is 1. The number of aromatic nitrogens is 3. The second-order valence-electron chi connectivity index (χ2n) is 9.73. The number of hydrogen-bond donors (Lipinski definition) is 2. The number of fused-ring (bicyclic) bond motifs is 1. The van der Waals surface area contributed by atoms with Crippen molar-refractivity contribution in [1.82, 2.24) is 24.8 Å². The number of methoxy groups -OCH3 is 1. The zero-order valence-corrected chi connectivity index (χ0v) is 21.4. The van der Waals surface area contributed by atoms with Crippen LogP contribution in [0.1, 0.15) is 58.6 Å². The number of alkyl halides is 3. The molecule has 1 saturated heterocycles. The van der Waals surface area contributed by atoms with Crippen molar-refractivity contribution in [2.75, 3.05) is 26.7 Å². The zero-order valence-electron chi connectivity index (χ0n) is 21.4. The Balaban J connectivity index is 1.58. The summed E-state index contributed by atoms with van der Waals surface area (Å²) >= 11 is 0. The van der Waals surface area contributed by atoms with Crippen LogP contribution in [0.4, 0.5) is 13.2 Å². The Hall–Kier alpha value is -3.34. The van der Waals surface area contributed by atoms with Crippen LogP contribution in [0.25, 0.3) is 5.52 Å². The molecule has 0 bridgehead atoms. The van der Waals surface area contributed by atoms with Gasteiger partial charge in [0.25, 0.3) is 11.5 Å². The first-order valence-corrected chi connectivity index (χ1v) is 12.3. The molecule has 1 amide bonds. The number of aryl methyl sites for hydroxylation is 1. The number of carbonyl (C=O) groups excluding carboxylic acids is 1. The van der Waals surface area contributed by atoms with Crippen LogP contribution in [-0.4, -0.2) is 58.3 Å². The van der Waals surface area contributed by atoms with E-state index in [0.717, 1.165) is 11.3 Å². The minimum absolute atomic E-state index is 0.0166. The van der Waals surface area contributed by atoms with E-state index in [1.54, 1.807) is 29.8 Å². The summed E-state index contributed by atoms with van der Waals surface area (Å²) in [5, 5.41) is 7.35. The Bertz CT molecular complexity index is 1340. The lowest BCUT2D eigenvalue weighted by Gasteiger charge is -2.35. The minimum atomic E-state index is -4.20. The number of aromatic amines is 1. The van der Waals surface area contributed by atoms with Crippen LogP contribution in [0.3, 0.4) is 0 Å². The number of ether oxygens (including phenoxy) is 1. The van der Waals surface area contributed by atoms with Crippen molar-refractivity contribution in [3.8, 4) is 5.75 Å². The van der Waals surface area contributed by atoms with Crippen molar-refractivity contribution in [1.29, 1.82) is 0 Å². The quantitative estimate of drug-likeness (QED) is 0.493. The van der Waals surface area contributed by atoms with Gasteiger partial charge in [-0.2, -0.15) is 18.3 Å². The highest BCUT2D eigenvalue weighted by molar-refractivity contribution is 6.03. The first-order valence-electron chi connectivity index (χ1n) is 12.3. The van der Waals surface area contributed by atoms with Gasteiger partial charge in [-0.3, -0.25) is 14.5 Å². The van der Waals surface area contributed by atoms with Gasteiger partial charge >= 0.3 is 6.18 Å². The number of H-pyrrole nitrogens is 1. The summed E-state index contributed by atoms with van der Waals surface area (Å²) in [4.78, 5) is 30.0. The van der Waals surface area contributed by atoms with Crippen molar-refractivity contribution in [3.63, 3.8) is 0 Å². The van der Waals surface area contributed by atoms with Crippen LogP contribution in [-0.2, 0) is 6.54 Å². The SMILES string of the molecule is COc1cc(C)[nH]c(=O)c1CNC(=O)c1c(C)c(C(C)C2CCN(CC(F)(F)F)CC2)n2ncccc12. The van der Waals surface area contributed by atoms with Crippen molar-refractivity contribution in [2.45, 2.75) is 52.3 Å². The molecule has 4 heterocycles. The molecule has 0 saturated carbocycles. The van der Waals surface area contributed by atoms with Crippen LogP contribution in [0, 0.1) is 19.8 Å². The number of halogens is 3. The monoisotopic (exact) mass is 519 g/mol. The summed E-state index contributed by atoms with van der Waals surface area (Å²) < 4.78 is 45.5. The molecule has 1 aliphatic heterocycles. The number of hydrogen-bond acceptors (Lipinski definition) is 5. The van der Waals surface area contributed by atoms with E-state index in [-0.39, 0.29) is 29.8 Å². The summed E-state index contributed by atoms with van der Waals surface area (Å²) in [6.45, 7) is 5.52. The van der Waals surface area contributed by atoms with E-state index in [2.05, 4.69) is 15.4 Å². The molecule has 8 nitrogen and oxygen atoms in total. The number of nitrogens with zero attached hydrogens (tertiary/aromatic N) is 3. The number of pyridine rings is 1. The Kier molecular flexibility index (Phi) is 7.63. The number of amides is 1. The van der Waals surface area contributed by atoms with Gasteiger partial charge in [-0.1, -0.05) is 6.92 Å². The molecule has 0 radical (unpaired) electrons. The standard InChI is InChI=1S/C26H32F3N5O3/c1-15-12-21(37-4)19(24(35)32-15)13-30-25(36)22-17(3)23(34-20(22)6-5-9-31-34)16(2)18-7-10-33(11-8-18)14-26(27,28)29/h5-6,9,12,16,18H,7-8,10-11,13-14H2,1-4H3,(H,30,36)(H,32,35). The lowest BCUT2D eigenvalue weighted by Crippen LogP contribution is -2.41. The molecule has 3 aromatic heterocycles. The molecule has 1 unspecified atom stereocenters. The maximum absolute atomic E-state index is 13.4. The van der Waals surface area contributed by atoms with Gasteiger partial charge in [0.1, 0.15) is 5.75 Å². The van der Waals surface area contributed by atoms with Gasteiger partial charge in [0.05, 0.1) is 36.8 Å². The van der Waals surface area contributed by atoms with Crippen LogP contribution in [0.5, 0.6) is 5.75 Å². The molecule has 4 rings (SSSR count). The number of carbonyl (C=O) groups is 1. The van der Waals surface area contributed by atoms with Gasteiger partial charge in [0.2, 0.25) is 0 Å². The lowest BCUT2D eigenvalue weighted by atomic mass is 9.82. The third-order valence-electron chi connectivity index (χ3n) is 7.27. The molecular formula is C26H32F3N5O3. The summed E-state index contributed by atoms with van der Waals surface area (Å²) in [5.41, 5.74) is 3.39. The number of piperidine rings is 1. The number of nitrogens with one attached hydrogen (secondary N) is 2. The summed E-state index contributed by atoms with van der Waals surface area (Å²) in [6.07, 6.45) is -1.29. The van der Waals surface area contributed by atoms with Crippen molar-refractivity contribution < 1.29 is 22.7 Å². The van der Waals surface area contributed by atoms with E-state index in [9.17, 15) is 22.8 Å². The molecule has 11 heteroatoms. The van der Waals surface area contributed by atoms with Gasteiger partial charge < -0.3 is 15.0 Å². The molecular weight excluding hydrogens is 487 g/mol. The van der Waals surface area contributed by atoms with Crippen LogP contribution in [0.15, 0.2) is 29.2 Å². The average Bonchev–Trinajstić information content (AvgIpc) is 3.13. The topological polar surface area (TPSA) is 91.7 Å².